The first-order chi connectivity index (χ1) is 8.90. The van der Waals surface area contributed by atoms with Crippen molar-refractivity contribution in [2.24, 2.45) is 17.6 Å². The third-order valence-corrected chi connectivity index (χ3v) is 3.25. The number of nitrogens with two attached hydrogens (primary N) is 1. The molecule has 0 spiro atoms. The predicted octanol–water partition coefficient (Wildman–Crippen LogP) is -0.0811. The lowest BCUT2D eigenvalue weighted by molar-refractivity contribution is -0.133. The van der Waals surface area contributed by atoms with Crippen LogP contribution in [0.15, 0.2) is 0 Å². The molecule has 0 heterocycles. The number of amides is 3. The Morgan fingerprint density at radius 3 is 2.32 bits per heavy atom. The summed E-state index contributed by atoms with van der Waals surface area (Å²) in [6, 6.07) is -0.590. The minimum Gasteiger partial charge on any atom is -0.368 e. The molecule has 1 atom stereocenters. The Bertz CT molecular complexity index is 351. The van der Waals surface area contributed by atoms with Gasteiger partial charge in [0.05, 0.1) is 6.54 Å². The molecule has 108 valence electrons. The second-order valence-corrected chi connectivity index (χ2v) is 5.50. The largest absolute Gasteiger partial charge is 0.368 e. The molecular weight excluding hydrogens is 246 g/mol. The first-order valence-electron chi connectivity index (χ1n) is 6.76. The molecule has 0 bridgehead atoms. The van der Waals surface area contributed by atoms with Gasteiger partial charge in [-0.2, -0.15) is 0 Å². The second kappa shape index (κ2) is 7.11. The molecule has 6 nitrogen and oxygen atoms in total. The fraction of sp³-hybridized carbons (Fsp3) is 0.769. The molecule has 0 saturated heterocycles. The maximum absolute atomic E-state index is 11.9. The van der Waals surface area contributed by atoms with E-state index in [-0.39, 0.29) is 30.2 Å². The summed E-state index contributed by atoms with van der Waals surface area (Å²) in [6.07, 6.45) is 3.40. The van der Waals surface area contributed by atoms with Gasteiger partial charge in [0.15, 0.2) is 0 Å². The van der Waals surface area contributed by atoms with Gasteiger partial charge in [-0.1, -0.05) is 20.3 Å². The summed E-state index contributed by atoms with van der Waals surface area (Å²) in [5.74, 6) is -0.696. The standard InChI is InChI=1S/C13H23N3O3/c1-8(2)6-10(13(19)15-7-11(14)17)16-12(18)9-4-3-5-9/h8-10H,3-7H2,1-2H3,(H2,14,17)(H,15,19)(H,16,18)/t10-/m0/s1. The minimum absolute atomic E-state index is 0.0404. The summed E-state index contributed by atoms with van der Waals surface area (Å²) in [4.78, 5) is 34.4. The van der Waals surface area contributed by atoms with Crippen molar-refractivity contribution in [3.05, 3.63) is 0 Å². The predicted molar refractivity (Wildman–Crippen MR) is 70.9 cm³/mol. The van der Waals surface area contributed by atoms with Crippen LogP contribution in [-0.2, 0) is 14.4 Å². The molecule has 19 heavy (non-hydrogen) atoms. The highest BCUT2D eigenvalue weighted by Gasteiger charge is 2.29. The normalized spacial score (nSPS) is 16.6. The molecule has 0 aliphatic heterocycles. The number of nitrogens with one attached hydrogen (secondary N) is 2. The third kappa shape index (κ3) is 5.28. The summed E-state index contributed by atoms with van der Waals surface area (Å²) in [5, 5.41) is 5.21. The molecule has 0 aromatic heterocycles. The fourth-order valence-electron chi connectivity index (χ4n) is 1.96. The average Bonchev–Trinajstić information content (AvgIpc) is 2.21. The van der Waals surface area contributed by atoms with Crippen molar-refractivity contribution < 1.29 is 14.4 Å². The Balaban J connectivity index is 2.51. The molecular formula is C13H23N3O3. The van der Waals surface area contributed by atoms with E-state index in [1.54, 1.807) is 0 Å². The van der Waals surface area contributed by atoms with Crippen LogP contribution in [0.25, 0.3) is 0 Å². The van der Waals surface area contributed by atoms with Crippen LogP contribution >= 0.6 is 0 Å². The van der Waals surface area contributed by atoms with Crippen LogP contribution in [-0.4, -0.2) is 30.3 Å². The summed E-state index contributed by atoms with van der Waals surface area (Å²) in [7, 11) is 0. The zero-order chi connectivity index (χ0) is 14.4. The van der Waals surface area contributed by atoms with Gasteiger partial charge in [-0.25, -0.2) is 0 Å². The average molecular weight is 269 g/mol. The van der Waals surface area contributed by atoms with Crippen LogP contribution in [0.5, 0.6) is 0 Å². The van der Waals surface area contributed by atoms with Gasteiger partial charge >= 0.3 is 0 Å². The summed E-state index contributed by atoms with van der Waals surface area (Å²) in [5.41, 5.74) is 4.98. The highest BCUT2D eigenvalue weighted by molar-refractivity contribution is 5.90. The molecule has 0 aromatic rings. The van der Waals surface area contributed by atoms with Crippen molar-refractivity contribution in [2.75, 3.05) is 6.54 Å². The van der Waals surface area contributed by atoms with Gasteiger partial charge in [-0.05, 0) is 25.2 Å². The molecule has 0 radical (unpaired) electrons. The zero-order valence-electron chi connectivity index (χ0n) is 11.6. The second-order valence-electron chi connectivity index (χ2n) is 5.50. The first-order valence-corrected chi connectivity index (χ1v) is 6.76. The Morgan fingerprint density at radius 1 is 1.26 bits per heavy atom. The van der Waals surface area contributed by atoms with Crippen LogP contribution in [0, 0.1) is 11.8 Å². The van der Waals surface area contributed by atoms with Crippen LogP contribution in [0.3, 0.4) is 0 Å². The van der Waals surface area contributed by atoms with Crippen molar-refractivity contribution in [2.45, 2.75) is 45.6 Å². The molecule has 1 aliphatic rings. The maximum Gasteiger partial charge on any atom is 0.243 e. The first kappa shape index (κ1) is 15.5. The number of hydrogen-bond donors (Lipinski definition) is 3. The van der Waals surface area contributed by atoms with Crippen LogP contribution < -0.4 is 16.4 Å². The monoisotopic (exact) mass is 269 g/mol. The lowest BCUT2D eigenvalue weighted by atomic mass is 9.84. The van der Waals surface area contributed by atoms with E-state index in [9.17, 15) is 14.4 Å². The van der Waals surface area contributed by atoms with Gasteiger partial charge in [0, 0.05) is 5.92 Å². The summed E-state index contributed by atoms with van der Waals surface area (Å²) in [6.45, 7) is 3.75. The van der Waals surface area contributed by atoms with Crippen molar-refractivity contribution in [1.29, 1.82) is 0 Å². The molecule has 1 fully saturated rings. The van der Waals surface area contributed by atoms with Crippen molar-refractivity contribution in [3.63, 3.8) is 0 Å². The third-order valence-electron chi connectivity index (χ3n) is 3.25. The van der Waals surface area contributed by atoms with Gasteiger partial charge in [0.25, 0.3) is 0 Å². The topological polar surface area (TPSA) is 101 Å². The van der Waals surface area contributed by atoms with Crippen molar-refractivity contribution in [1.82, 2.24) is 10.6 Å². The molecule has 1 aliphatic carbocycles. The number of hydrogen-bond acceptors (Lipinski definition) is 3. The van der Waals surface area contributed by atoms with E-state index in [0.717, 1.165) is 19.3 Å². The highest BCUT2D eigenvalue weighted by Crippen LogP contribution is 2.26. The van der Waals surface area contributed by atoms with E-state index < -0.39 is 11.9 Å². The highest BCUT2D eigenvalue weighted by atomic mass is 16.2. The molecule has 1 saturated carbocycles. The molecule has 0 aromatic carbocycles. The van der Waals surface area contributed by atoms with E-state index in [2.05, 4.69) is 10.6 Å². The Morgan fingerprint density at radius 2 is 1.89 bits per heavy atom. The van der Waals surface area contributed by atoms with E-state index in [0.29, 0.717) is 6.42 Å². The van der Waals surface area contributed by atoms with Crippen LogP contribution in [0.2, 0.25) is 0 Å². The van der Waals surface area contributed by atoms with E-state index >= 15 is 0 Å². The molecule has 4 N–H and O–H groups in total. The van der Waals surface area contributed by atoms with Crippen molar-refractivity contribution >= 4 is 17.7 Å². The van der Waals surface area contributed by atoms with Crippen molar-refractivity contribution in [3.8, 4) is 0 Å². The van der Waals surface area contributed by atoms with Gasteiger partial charge < -0.3 is 16.4 Å². The summed E-state index contributed by atoms with van der Waals surface area (Å²) < 4.78 is 0. The van der Waals surface area contributed by atoms with E-state index in [1.165, 1.54) is 0 Å². The van der Waals surface area contributed by atoms with Gasteiger partial charge in [-0.15, -0.1) is 0 Å². The number of rotatable bonds is 7. The van der Waals surface area contributed by atoms with E-state index in [1.807, 2.05) is 13.8 Å². The summed E-state index contributed by atoms with van der Waals surface area (Å²) >= 11 is 0. The van der Waals surface area contributed by atoms with E-state index in [4.69, 9.17) is 5.73 Å². The number of carbonyl (C=O) groups excluding carboxylic acids is 3. The number of carbonyl (C=O) groups is 3. The Kier molecular flexibility index (Phi) is 5.79. The zero-order valence-corrected chi connectivity index (χ0v) is 11.6. The lowest BCUT2D eigenvalue weighted by Gasteiger charge is -2.27. The molecule has 6 heteroatoms. The maximum atomic E-state index is 11.9. The van der Waals surface area contributed by atoms with Gasteiger partial charge in [-0.3, -0.25) is 14.4 Å². The molecule has 1 rings (SSSR count). The Labute approximate surface area is 113 Å². The minimum atomic E-state index is -0.595. The molecule has 3 amide bonds. The van der Waals surface area contributed by atoms with Gasteiger partial charge in [0.2, 0.25) is 17.7 Å². The van der Waals surface area contributed by atoms with Crippen LogP contribution in [0.1, 0.15) is 39.5 Å². The smallest absolute Gasteiger partial charge is 0.243 e. The van der Waals surface area contributed by atoms with Gasteiger partial charge in [0.1, 0.15) is 6.04 Å². The Hall–Kier alpha value is -1.59. The number of primary amides is 1. The SMILES string of the molecule is CC(C)C[C@H](NC(=O)C1CCC1)C(=O)NCC(N)=O. The fourth-order valence-corrected chi connectivity index (χ4v) is 1.96. The quantitative estimate of drug-likeness (QED) is 0.602. The molecule has 0 unspecified atom stereocenters. The lowest BCUT2D eigenvalue weighted by Crippen LogP contribution is -2.51. The van der Waals surface area contributed by atoms with Crippen LogP contribution in [0.4, 0.5) is 0 Å².